The number of aromatic amines is 1. The van der Waals surface area contributed by atoms with Gasteiger partial charge in [-0.3, -0.25) is 4.79 Å². The zero-order chi connectivity index (χ0) is 13.2. The number of aromatic nitrogens is 1. The van der Waals surface area contributed by atoms with Gasteiger partial charge < -0.3 is 10.7 Å². The fraction of sp³-hybridized carbons (Fsp3) is 0.222. The molecule has 2 aromatic heterocycles. The van der Waals surface area contributed by atoms with E-state index >= 15 is 0 Å². The Morgan fingerprint density at radius 2 is 2.11 bits per heavy atom. The fourth-order valence-corrected chi connectivity index (χ4v) is 4.01. The number of H-pyrrole nitrogens is 1. The molecule has 0 bridgehead atoms. The lowest BCUT2D eigenvalue weighted by Crippen LogP contribution is -2.23. The number of thiazole rings is 1. The van der Waals surface area contributed by atoms with Gasteiger partial charge in [0, 0.05) is 27.9 Å². The van der Waals surface area contributed by atoms with E-state index in [1.165, 1.54) is 11.3 Å². The van der Waals surface area contributed by atoms with Gasteiger partial charge in [0.1, 0.15) is 0 Å². The average molecular weight is 305 g/mol. The number of nitrogens with one attached hydrogen (secondary N) is 2. The van der Waals surface area contributed by atoms with Crippen LogP contribution in [0.15, 0.2) is 26.5 Å². The average Bonchev–Trinajstić information content (AvgIpc) is 2.95. The highest BCUT2D eigenvalue weighted by Gasteiger charge is 2.15. The summed E-state index contributed by atoms with van der Waals surface area (Å²) < 4.78 is 26.2. The Morgan fingerprint density at radius 1 is 1.33 bits per heavy atom. The van der Waals surface area contributed by atoms with Crippen molar-refractivity contribution >= 4 is 32.7 Å². The van der Waals surface area contributed by atoms with E-state index in [4.69, 9.17) is 5.73 Å². The zero-order valence-corrected chi connectivity index (χ0v) is 11.6. The van der Waals surface area contributed by atoms with Crippen LogP contribution in [-0.2, 0) is 23.1 Å². The summed E-state index contributed by atoms with van der Waals surface area (Å²) in [6, 6.07) is 1.55. The van der Waals surface area contributed by atoms with Crippen molar-refractivity contribution in [2.45, 2.75) is 18.0 Å². The molecule has 0 fully saturated rings. The number of sulfonamides is 1. The summed E-state index contributed by atoms with van der Waals surface area (Å²) in [5, 5.41) is 3.13. The van der Waals surface area contributed by atoms with Gasteiger partial charge in [-0.2, -0.15) is 0 Å². The third kappa shape index (κ3) is 3.06. The van der Waals surface area contributed by atoms with Crippen molar-refractivity contribution in [2.75, 3.05) is 0 Å². The fourth-order valence-electron chi connectivity index (χ4n) is 1.27. The van der Waals surface area contributed by atoms with Gasteiger partial charge in [-0.1, -0.05) is 11.3 Å². The van der Waals surface area contributed by atoms with Crippen molar-refractivity contribution in [3.05, 3.63) is 37.1 Å². The minimum atomic E-state index is -3.55. The summed E-state index contributed by atoms with van der Waals surface area (Å²) in [6.45, 7) is 0.382. The Kier molecular flexibility index (Phi) is 3.97. The molecule has 18 heavy (non-hydrogen) atoms. The second-order valence-electron chi connectivity index (χ2n) is 3.45. The van der Waals surface area contributed by atoms with E-state index in [1.807, 2.05) is 0 Å². The maximum Gasteiger partial charge on any atom is 0.304 e. The number of hydrogen-bond acceptors (Lipinski definition) is 6. The molecule has 0 unspecified atom stereocenters. The maximum absolute atomic E-state index is 11.9. The Hall–Kier alpha value is -1.00. The van der Waals surface area contributed by atoms with Crippen LogP contribution in [0.3, 0.4) is 0 Å². The van der Waals surface area contributed by atoms with E-state index in [2.05, 4.69) is 9.71 Å². The second-order valence-corrected chi connectivity index (χ2v) is 7.06. The smallest absolute Gasteiger partial charge is 0.304 e. The Morgan fingerprint density at radius 3 is 2.67 bits per heavy atom. The van der Waals surface area contributed by atoms with Crippen LogP contribution in [0, 0.1) is 0 Å². The van der Waals surface area contributed by atoms with Crippen LogP contribution in [0.5, 0.6) is 0 Å². The molecule has 0 radical (unpaired) electrons. The van der Waals surface area contributed by atoms with Gasteiger partial charge in [-0.25, -0.2) is 13.1 Å². The van der Waals surface area contributed by atoms with Crippen LogP contribution < -0.4 is 15.3 Å². The third-order valence-corrected chi connectivity index (χ3v) is 5.37. The van der Waals surface area contributed by atoms with Gasteiger partial charge in [0.2, 0.25) is 10.0 Å². The van der Waals surface area contributed by atoms with Gasteiger partial charge in [0.25, 0.3) is 0 Å². The molecule has 0 aromatic carbocycles. The molecule has 0 saturated carbocycles. The van der Waals surface area contributed by atoms with Gasteiger partial charge >= 0.3 is 4.87 Å². The summed E-state index contributed by atoms with van der Waals surface area (Å²) in [5.74, 6) is 0. The molecule has 98 valence electrons. The molecular weight excluding hydrogens is 294 g/mol. The van der Waals surface area contributed by atoms with Gasteiger partial charge in [-0.15, -0.1) is 11.3 Å². The maximum atomic E-state index is 11.9. The summed E-state index contributed by atoms with van der Waals surface area (Å²) in [5.41, 5.74) is 5.98. The summed E-state index contributed by atoms with van der Waals surface area (Å²) in [7, 11) is -3.55. The number of hydrogen-bond donors (Lipinski definition) is 3. The lowest BCUT2D eigenvalue weighted by atomic mass is 10.5. The Balaban J connectivity index is 2.10. The van der Waals surface area contributed by atoms with E-state index in [-0.39, 0.29) is 16.3 Å². The molecule has 0 spiro atoms. The quantitative estimate of drug-likeness (QED) is 0.745. The van der Waals surface area contributed by atoms with Crippen molar-refractivity contribution in [3.63, 3.8) is 0 Å². The van der Waals surface area contributed by atoms with Gasteiger partial charge in [-0.05, 0) is 6.07 Å². The summed E-state index contributed by atoms with van der Waals surface area (Å²) >= 11 is 2.30. The molecule has 4 N–H and O–H groups in total. The molecule has 2 heterocycles. The first-order valence-electron chi connectivity index (χ1n) is 4.95. The van der Waals surface area contributed by atoms with E-state index in [0.29, 0.717) is 12.2 Å². The van der Waals surface area contributed by atoms with Crippen molar-refractivity contribution in [2.24, 2.45) is 5.73 Å². The second kappa shape index (κ2) is 5.33. The first-order chi connectivity index (χ1) is 8.51. The normalized spacial score (nSPS) is 11.8. The molecule has 6 nitrogen and oxygen atoms in total. The van der Waals surface area contributed by atoms with E-state index in [1.54, 1.807) is 16.8 Å². The first-order valence-corrected chi connectivity index (χ1v) is 8.19. The van der Waals surface area contributed by atoms with Crippen LogP contribution in [0.4, 0.5) is 0 Å². The minimum Gasteiger partial charge on any atom is -0.326 e. The number of rotatable bonds is 5. The molecule has 0 amide bonds. The van der Waals surface area contributed by atoms with E-state index in [9.17, 15) is 13.2 Å². The molecule has 2 rings (SSSR count). The molecule has 9 heteroatoms. The lowest BCUT2D eigenvalue weighted by molar-refractivity contribution is 0.581. The van der Waals surface area contributed by atoms with Crippen LogP contribution in [-0.4, -0.2) is 13.4 Å². The first kappa shape index (κ1) is 13.4. The third-order valence-electron chi connectivity index (χ3n) is 2.16. The van der Waals surface area contributed by atoms with Crippen molar-refractivity contribution in [1.29, 1.82) is 0 Å². The van der Waals surface area contributed by atoms with Crippen LogP contribution >= 0.6 is 22.7 Å². The standard InChI is InChI=1S/C9H11N3O3S3/c10-2-7-1-8(5-16-7)18(14,15)11-3-6-4-17-9(13)12-6/h1,4-5,11H,2-3,10H2,(H,12,13). The topological polar surface area (TPSA) is 105 Å². The number of nitrogens with two attached hydrogens (primary N) is 1. The molecular formula is C9H11N3O3S3. The SMILES string of the molecule is NCc1cc(S(=O)(=O)NCc2csc(=O)[nH]2)cs1. The van der Waals surface area contributed by atoms with Crippen LogP contribution in [0.1, 0.15) is 10.6 Å². The van der Waals surface area contributed by atoms with E-state index < -0.39 is 10.0 Å². The number of thiophene rings is 1. The molecule has 0 aliphatic rings. The largest absolute Gasteiger partial charge is 0.326 e. The lowest BCUT2D eigenvalue weighted by Gasteiger charge is -2.02. The summed E-state index contributed by atoms with van der Waals surface area (Å²) in [6.07, 6.45) is 0. The van der Waals surface area contributed by atoms with Crippen LogP contribution in [0.25, 0.3) is 0 Å². The highest BCUT2D eigenvalue weighted by molar-refractivity contribution is 7.89. The summed E-state index contributed by atoms with van der Waals surface area (Å²) in [4.78, 5) is 14.2. The highest BCUT2D eigenvalue weighted by atomic mass is 32.2. The molecule has 0 atom stereocenters. The van der Waals surface area contributed by atoms with Crippen molar-refractivity contribution in [3.8, 4) is 0 Å². The molecule has 2 aromatic rings. The molecule has 0 aliphatic heterocycles. The van der Waals surface area contributed by atoms with Gasteiger partial charge in [0.05, 0.1) is 11.4 Å². The monoisotopic (exact) mass is 305 g/mol. The predicted octanol–water partition coefficient (Wildman–Crippen LogP) is 0.435. The molecule has 0 aliphatic carbocycles. The molecule has 0 saturated heterocycles. The zero-order valence-electron chi connectivity index (χ0n) is 9.17. The van der Waals surface area contributed by atoms with Crippen LogP contribution in [0.2, 0.25) is 0 Å². The van der Waals surface area contributed by atoms with Gasteiger partial charge in [0.15, 0.2) is 0 Å². The van der Waals surface area contributed by atoms with E-state index in [0.717, 1.165) is 16.2 Å². The predicted molar refractivity (Wildman–Crippen MR) is 71.2 cm³/mol. The Bertz CT molecular complexity index is 683. The minimum absolute atomic E-state index is 0.0644. The van der Waals surface area contributed by atoms with Crippen molar-refractivity contribution in [1.82, 2.24) is 9.71 Å². The Labute approximate surface area is 112 Å². The van der Waals surface area contributed by atoms with Crippen molar-refractivity contribution < 1.29 is 8.42 Å². The highest BCUT2D eigenvalue weighted by Crippen LogP contribution is 2.18.